The summed E-state index contributed by atoms with van der Waals surface area (Å²) in [7, 11) is 1.51. The lowest BCUT2D eigenvalue weighted by Crippen LogP contribution is -2.20. The Morgan fingerprint density at radius 2 is 2.11 bits per heavy atom. The largest absolute Gasteiger partial charge is 0.395 e. The number of carbonyl (C=O) groups is 1. The molecule has 0 aliphatic heterocycles. The molecule has 0 atom stereocenters. The summed E-state index contributed by atoms with van der Waals surface area (Å²) in [6, 6.07) is 2.06. The monoisotopic (exact) mass is 260 g/mol. The van der Waals surface area contributed by atoms with Crippen LogP contribution in [0.15, 0.2) is 12.1 Å². The first-order chi connectivity index (χ1) is 8.56. The number of anilines is 2. The van der Waals surface area contributed by atoms with E-state index in [9.17, 15) is 13.6 Å². The number of methoxy groups -OCH3 is 1. The lowest BCUT2D eigenvalue weighted by Gasteiger charge is -2.09. The van der Waals surface area contributed by atoms with Crippen molar-refractivity contribution in [1.29, 1.82) is 0 Å². The summed E-state index contributed by atoms with van der Waals surface area (Å²) >= 11 is 0. The van der Waals surface area contributed by atoms with Gasteiger partial charge in [0.15, 0.2) is 11.6 Å². The Morgan fingerprint density at radius 1 is 1.39 bits per heavy atom. The van der Waals surface area contributed by atoms with E-state index >= 15 is 0 Å². The Kier molecular flexibility index (Phi) is 5.47. The normalized spacial score (nSPS) is 10.4. The zero-order valence-corrected chi connectivity index (χ0v) is 9.83. The number of ether oxygens (including phenoxy) is 2. The average molecular weight is 260 g/mol. The molecule has 1 amide bonds. The van der Waals surface area contributed by atoms with E-state index in [4.69, 9.17) is 15.2 Å². The highest BCUT2D eigenvalue weighted by atomic mass is 19.2. The lowest BCUT2D eigenvalue weighted by atomic mass is 10.2. The van der Waals surface area contributed by atoms with Crippen molar-refractivity contribution in [1.82, 2.24) is 0 Å². The van der Waals surface area contributed by atoms with Crippen LogP contribution in [0.4, 0.5) is 20.2 Å². The first-order valence-electron chi connectivity index (χ1n) is 5.16. The van der Waals surface area contributed by atoms with E-state index in [0.717, 1.165) is 6.07 Å². The van der Waals surface area contributed by atoms with Gasteiger partial charge in [-0.05, 0) is 12.1 Å². The average Bonchev–Trinajstić information content (AvgIpc) is 2.35. The van der Waals surface area contributed by atoms with E-state index in [1.54, 1.807) is 0 Å². The van der Waals surface area contributed by atoms with Crippen LogP contribution in [0.25, 0.3) is 0 Å². The molecule has 0 aromatic heterocycles. The molecule has 0 aliphatic carbocycles. The van der Waals surface area contributed by atoms with Gasteiger partial charge in [0.05, 0.1) is 24.6 Å². The van der Waals surface area contributed by atoms with E-state index in [1.165, 1.54) is 13.2 Å². The van der Waals surface area contributed by atoms with Crippen molar-refractivity contribution in [2.75, 3.05) is 38.0 Å². The molecule has 5 nitrogen and oxygen atoms in total. The summed E-state index contributed by atoms with van der Waals surface area (Å²) in [5.41, 5.74) is 4.88. The van der Waals surface area contributed by atoms with Gasteiger partial charge in [0, 0.05) is 7.11 Å². The first kappa shape index (κ1) is 14.3. The molecule has 7 heteroatoms. The summed E-state index contributed by atoms with van der Waals surface area (Å²) in [4.78, 5) is 11.4. The molecule has 0 bridgehead atoms. The summed E-state index contributed by atoms with van der Waals surface area (Å²) in [5.74, 6) is -2.77. The van der Waals surface area contributed by atoms with E-state index in [2.05, 4.69) is 5.32 Å². The van der Waals surface area contributed by atoms with Crippen LogP contribution in [0.5, 0.6) is 0 Å². The highest BCUT2D eigenvalue weighted by Crippen LogP contribution is 2.23. The number of nitrogen functional groups attached to an aromatic ring is 1. The predicted molar refractivity (Wildman–Crippen MR) is 62.1 cm³/mol. The smallest absolute Gasteiger partial charge is 0.250 e. The Hall–Kier alpha value is -1.73. The number of nitrogens with two attached hydrogens (primary N) is 1. The second-order valence-corrected chi connectivity index (χ2v) is 3.42. The summed E-state index contributed by atoms with van der Waals surface area (Å²) < 4.78 is 35.6. The van der Waals surface area contributed by atoms with Crippen LogP contribution < -0.4 is 11.1 Å². The highest BCUT2D eigenvalue weighted by molar-refractivity contribution is 5.94. The molecule has 0 aliphatic rings. The van der Waals surface area contributed by atoms with Crippen molar-refractivity contribution in [2.24, 2.45) is 0 Å². The van der Waals surface area contributed by atoms with Crippen molar-refractivity contribution in [3.63, 3.8) is 0 Å². The molecule has 0 saturated carbocycles. The van der Waals surface area contributed by atoms with E-state index in [1.807, 2.05) is 0 Å². The molecular weight excluding hydrogens is 246 g/mol. The number of hydrogen-bond donors (Lipinski definition) is 2. The number of rotatable bonds is 6. The van der Waals surface area contributed by atoms with Gasteiger partial charge in [0.25, 0.3) is 0 Å². The van der Waals surface area contributed by atoms with Crippen molar-refractivity contribution in [3.05, 3.63) is 23.8 Å². The molecule has 1 aromatic rings. The van der Waals surface area contributed by atoms with E-state index in [-0.39, 0.29) is 18.9 Å². The van der Waals surface area contributed by atoms with Gasteiger partial charge in [-0.2, -0.15) is 0 Å². The molecule has 0 heterocycles. The molecule has 3 N–H and O–H groups in total. The second kappa shape index (κ2) is 6.87. The van der Waals surface area contributed by atoms with Gasteiger partial charge in [-0.25, -0.2) is 8.78 Å². The molecule has 0 unspecified atom stereocenters. The number of nitrogens with one attached hydrogen (secondary N) is 1. The topological polar surface area (TPSA) is 73.6 Å². The molecule has 1 rings (SSSR count). The summed E-state index contributed by atoms with van der Waals surface area (Å²) in [6.07, 6.45) is 0. The predicted octanol–water partition coefficient (Wildman–Crippen LogP) is 1.15. The molecular formula is C11H14F2N2O3. The molecule has 1 aromatic carbocycles. The van der Waals surface area contributed by atoms with Crippen LogP contribution in [-0.2, 0) is 14.3 Å². The van der Waals surface area contributed by atoms with Crippen LogP contribution in [-0.4, -0.2) is 32.8 Å². The fraction of sp³-hybridized carbons (Fsp3) is 0.364. The summed E-state index contributed by atoms with van der Waals surface area (Å²) in [5, 5.41) is 2.32. The maximum atomic E-state index is 13.1. The molecule has 100 valence electrons. The quantitative estimate of drug-likeness (QED) is 0.594. The van der Waals surface area contributed by atoms with Gasteiger partial charge in [-0.3, -0.25) is 4.79 Å². The Morgan fingerprint density at radius 3 is 2.78 bits per heavy atom. The van der Waals surface area contributed by atoms with Crippen LogP contribution in [0.3, 0.4) is 0 Å². The number of benzene rings is 1. The first-order valence-corrected chi connectivity index (χ1v) is 5.16. The fourth-order valence-electron chi connectivity index (χ4n) is 1.17. The molecule has 0 saturated heterocycles. The van der Waals surface area contributed by atoms with Crippen molar-refractivity contribution < 1.29 is 23.0 Å². The third kappa shape index (κ3) is 3.94. The third-order valence-electron chi connectivity index (χ3n) is 2.07. The number of carbonyl (C=O) groups excluding carboxylic acids is 1. The zero-order chi connectivity index (χ0) is 13.5. The van der Waals surface area contributed by atoms with E-state index in [0.29, 0.717) is 6.61 Å². The number of halogens is 2. The fourth-order valence-corrected chi connectivity index (χ4v) is 1.17. The number of amides is 1. The Balaban J connectivity index is 2.52. The molecule has 0 radical (unpaired) electrons. The van der Waals surface area contributed by atoms with Gasteiger partial charge in [-0.15, -0.1) is 0 Å². The molecule has 18 heavy (non-hydrogen) atoms. The minimum absolute atomic E-state index is 0.00856. The van der Waals surface area contributed by atoms with Crippen LogP contribution in [0, 0.1) is 11.6 Å². The Labute approximate surface area is 103 Å². The number of hydrogen-bond acceptors (Lipinski definition) is 4. The van der Waals surface area contributed by atoms with Crippen LogP contribution >= 0.6 is 0 Å². The van der Waals surface area contributed by atoms with Crippen molar-refractivity contribution in [2.45, 2.75) is 0 Å². The highest BCUT2D eigenvalue weighted by Gasteiger charge is 2.12. The Bertz CT molecular complexity index is 427. The minimum Gasteiger partial charge on any atom is -0.395 e. The summed E-state index contributed by atoms with van der Waals surface area (Å²) in [6.45, 7) is 0.402. The standard InChI is InChI=1S/C11H14F2N2O3/c1-17-4-5-18-6-9(16)15-8-3-2-7(12)10(13)11(8)14/h2-3H,4-6,14H2,1H3,(H,15,16). The maximum Gasteiger partial charge on any atom is 0.250 e. The van der Waals surface area contributed by atoms with Crippen molar-refractivity contribution in [3.8, 4) is 0 Å². The zero-order valence-electron chi connectivity index (χ0n) is 9.83. The second-order valence-electron chi connectivity index (χ2n) is 3.42. The van der Waals surface area contributed by atoms with E-state index < -0.39 is 23.2 Å². The van der Waals surface area contributed by atoms with Gasteiger partial charge >= 0.3 is 0 Å². The maximum absolute atomic E-state index is 13.1. The van der Waals surface area contributed by atoms with Gasteiger partial charge < -0.3 is 20.5 Å². The third-order valence-corrected chi connectivity index (χ3v) is 2.07. The molecule has 0 fully saturated rings. The SMILES string of the molecule is COCCOCC(=O)Nc1ccc(F)c(F)c1N. The molecule has 0 spiro atoms. The van der Waals surface area contributed by atoms with Gasteiger partial charge in [-0.1, -0.05) is 0 Å². The van der Waals surface area contributed by atoms with Crippen molar-refractivity contribution >= 4 is 17.3 Å². The lowest BCUT2D eigenvalue weighted by molar-refractivity contribution is -0.121. The van der Waals surface area contributed by atoms with Gasteiger partial charge in [0.2, 0.25) is 5.91 Å². The minimum atomic E-state index is -1.19. The van der Waals surface area contributed by atoms with Gasteiger partial charge in [0.1, 0.15) is 6.61 Å². The van der Waals surface area contributed by atoms with Crippen LogP contribution in [0.1, 0.15) is 0 Å². The van der Waals surface area contributed by atoms with Crippen LogP contribution in [0.2, 0.25) is 0 Å².